The topological polar surface area (TPSA) is 36.9 Å². The lowest BCUT2D eigenvalue weighted by molar-refractivity contribution is 0.264. The molecule has 1 radical (unpaired) electrons. The molecule has 0 amide bonds. The molecule has 0 aliphatic heterocycles. The molecule has 0 unspecified atom stereocenters. The predicted octanol–water partition coefficient (Wildman–Crippen LogP) is 3.08. The van der Waals surface area contributed by atoms with Gasteiger partial charge in [0, 0.05) is 6.07 Å². The Labute approximate surface area is 109 Å². The second-order valence-corrected chi connectivity index (χ2v) is 3.39. The maximum atomic E-state index is 5.52. The van der Waals surface area contributed by atoms with Gasteiger partial charge < -0.3 is 18.9 Å². The molecule has 0 heterocycles. The quantitative estimate of drug-likeness (QED) is 0.713. The van der Waals surface area contributed by atoms with E-state index in [-0.39, 0.29) is 0 Å². The van der Waals surface area contributed by atoms with Crippen LogP contribution in [0.1, 0.15) is 27.7 Å². The fourth-order valence-electron chi connectivity index (χ4n) is 1.51. The maximum absolute atomic E-state index is 5.52. The predicted molar refractivity (Wildman–Crippen MR) is 70.0 cm³/mol. The summed E-state index contributed by atoms with van der Waals surface area (Å²) in [6.07, 6.45) is 0. The van der Waals surface area contributed by atoms with Gasteiger partial charge in [-0.25, -0.2) is 0 Å². The smallest absolute Gasteiger partial charge is 0.173 e. The molecule has 4 nitrogen and oxygen atoms in total. The average Bonchev–Trinajstić information content (AvgIpc) is 2.35. The first-order valence-electron chi connectivity index (χ1n) is 6.38. The van der Waals surface area contributed by atoms with Crippen LogP contribution in [0.2, 0.25) is 0 Å². The highest BCUT2D eigenvalue weighted by Crippen LogP contribution is 2.39. The molecular weight excluding hydrogens is 232 g/mol. The van der Waals surface area contributed by atoms with E-state index in [2.05, 4.69) is 6.07 Å². The van der Waals surface area contributed by atoms with Gasteiger partial charge in [0.15, 0.2) is 23.0 Å². The fraction of sp³-hybridized carbons (Fsp3) is 0.571. The van der Waals surface area contributed by atoms with Crippen molar-refractivity contribution in [3.8, 4) is 23.0 Å². The van der Waals surface area contributed by atoms with E-state index in [4.69, 9.17) is 18.9 Å². The molecule has 4 heteroatoms. The standard InChI is InChI=1S/C14H21O4/c1-5-15-11-9-13(17-7-3)14(18-8-4)10-12(11)16-6-2/h9H,5-8H2,1-4H3. The maximum Gasteiger partial charge on any atom is 0.173 e. The molecule has 0 aromatic heterocycles. The van der Waals surface area contributed by atoms with Crippen LogP contribution in [-0.4, -0.2) is 26.4 Å². The van der Waals surface area contributed by atoms with Crippen molar-refractivity contribution < 1.29 is 18.9 Å². The van der Waals surface area contributed by atoms with Gasteiger partial charge in [0.05, 0.1) is 32.5 Å². The number of hydrogen-bond donors (Lipinski definition) is 0. The van der Waals surface area contributed by atoms with E-state index in [1.165, 1.54) is 0 Å². The first-order chi connectivity index (χ1) is 8.76. The summed E-state index contributed by atoms with van der Waals surface area (Å²) in [6.45, 7) is 9.91. The largest absolute Gasteiger partial charge is 0.490 e. The number of ether oxygens (including phenoxy) is 4. The zero-order chi connectivity index (χ0) is 13.4. The molecule has 0 saturated heterocycles. The minimum absolute atomic E-state index is 0.552. The first kappa shape index (κ1) is 14.5. The molecule has 0 bridgehead atoms. The van der Waals surface area contributed by atoms with Gasteiger partial charge >= 0.3 is 0 Å². The molecule has 0 atom stereocenters. The number of benzene rings is 1. The van der Waals surface area contributed by atoms with Gasteiger partial charge in [-0.1, -0.05) is 0 Å². The lowest BCUT2D eigenvalue weighted by Crippen LogP contribution is -2.03. The van der Waals surface area contributed by atoms with E-state index >= 15 is 0 Å². The third-order valence-electron chi connectivity index (χ3n) is 2.11. The van der Waals surface area contributed by atoms with Crippen LogP contribution >= 0.6 is 0 Å². The minimum atomic E-state index is 0.552. The minimum Gasteiger partial charge on any atom is -0.490 e. The lowest BCUT2D eigenvalue weighted by Gasteiger charge is -2.16. The molecule has 1 rings (SSSR count). The molecule has 18 heavy (non-hydrogen) atoms. The summed E-state index contributed by atoms with van der Waals surface area (Å²) in [5.74, 6) is 2.38. The first-order valence-corrected chi connectivity index (χ1v) is 6.38. The molecule has 1 aromatic rings. The summed E-state index contributed by atoms with van der Waals surface area (Å²) >= 11 is 0. The fourth-order valence-corrected chi connectivity index (χ4v) is 1.51. The summed E-state index contributed by atoms with van der Waals surface area (Å²) in [6, 6.07) is 4.85. The third-order valence-corrected chi connectivity index (χ3v) is 2.11. The monoisotopic (exact) mass is 253 g/mol. The molecule has 1 aromatic carbocycles. The van der Waals surface area contributed by atoms with Crippen LogP contribution in [0, 0.1) is 6.07 Å². The van der Waals surface area contributed by atoms with Crippen molar-refractivity contribution in [3.63, 3.8) is 0 Å². The van der Waals surface area contributed by atoms with Crippen LogP contribution in [0.3, 0.4) is 0 Å². The van der Waals surface area contributed by atoms with E-state index < -0.39 is 0 Å². The van der Waals surface area contributed by atoms with Gasteiger partial charge in [-0.2, -0.15) is 0 Å². The van der Waals surface area contributed by atoms with Gasteiger partial charge in [-0.3, -0.25) is 0 Å². The second-order valence-electron chi connectivity index (χ2n) is 3.39. The Balaban J connectivity index is 3.11. The number of rotatable bonds is 8. The molecule has 0 fully saturated rings. The summed E-state index contributed by atoms with van der Waals surface area (Å²) in [5, 5.41) is 0. The van der Waals surface area contributed by atoms with E-state index in [1.54, 1.807) is 6.07 Å². The van der Waals surface area contributed by atoms with Crippen LogP contribution in [-0.2, 0) is 0 Å². The highest BCUT2D eigenvalue weighted by Gasteiger charge is 2.14. The Bertz CT molecular complexity index is 297. The molecule has 101 valence electrons. The summed E-state index contributed by atoms with van der Waals surface area (Å²) in [4.78, 5) is 0. The average molecular weight is 253 g/mol. The van der Waals surface area contributed by atoms with Crippen LogP contribution in [0.4, 0.5) is 0 Å². The SMILES string of the molecule is CCOc1[c]c(OCC)c(OCC)cc1OCC. The van der Waals surface area contributed by atoms with E-state index in [0.29, 0.717) is 49.4 Å². The second kappa shape index (κ2) is 7.69. The van der Waals surface area contributed by atoms with Crippen molar-refractivity contribution in [2.24, 2.45) is 0 Å². The Morgan fingerprint density at radius 3 is 1.44 bits per heavy atom. The molecule has 0 N–H and O–H groups in total. The van der Waals surface area contributed by atoms with Crippen molar-refractivity contribution >= 4 is 0 Å². The zero-order valence-electron chi connectivity index (χ0n) is 11.5. The Kier molecular flexibility index (Phi) is 6.19. The normalized spacial score (nSPS) is 10.0. The van der Waals surface area contributed by atoms with Crippen LogP contribution in [0.5, 0.6) is 23.0 Å². The summed E-state index contributed by atoms with van der Waals surface area (Å²) in [7, 11) is 0. The zero-order valence-corrected chi connectivity index (χ0v) is 11.5. The van der Waals surface area contributed by atoms with Gasteiger partial charge in [-0.15, -0.1) is 0 Å². The summed E-state index contributed by atoms with van der Waals surface area (Å²) in [5.41, 5.74) is 0. The van der Waals surface area contributed by atoms with Gasteiger partial charge in [0.2, 0.25) is 0 Å². The van der Waals surface area contributed by atoms with Crippen LogP contribution < -0.4 is 18.9 Å². The van der Waals surface area contributed by atoms with Crippen LogP contribution in [0.25, 0.3) is 0 Å². The van der Waals surface area contributed by atoms with Crippen molar-refractivity contribution in [1.29, 1.82) is 0 Å². The van der Waals surface area contributed by atoms with Crippen molar-refractivity contribution in [1.82, 2.24) is 0 Å². The Morgan fingerprint density at radius 2 is 1.11 bits per heavy atom. The van der Waals surface area contributed by atoms with E-state index in [0.717, 1.165) is 0 Å². The molecule has 0 aliphatic carbocycles. The third kappa shape index (κ3) is 3.72. The Hall–Kier alpha value is -1.58. The van der Waals surface area contributed by atoms with Crippen molar-refractivity contribution in [2.45, 2.75) is 27.7 Å². The number of hydrogen-bond acceptors (Lipinski definition) is 4. The van der Waals surface area contributed by atoms with Gasteiger partial charge in [0.1, 0.15) is 0 Å². The van der Waals surface area contributed by atoms with E-state index in [9.17, 15) is 0 Å². The van der Waals surface area contributed by atoms with E-state index in [1.807, 2.05) is 27.7 Å². The highest BCUT2D eigenvalue weighted by atomic mass is 16.5. The molecular formula is C14H21O4. The lowest BCUT2D eigenvalue weighted by atomic mass is 10.2. The van der Waals surface area contributed by atoms with Crippen molar-refractivity contribution in [3.05, 3.63) is 12.1 Å². The van der Waals surface area contributed by atoms with Gasteiger partial charge in [0.25, 0.3) is 0 Å². The molecule has 0 saturated carbocycles. The van der Waals surface area contributed by atoms with Crippen molar-refractivity contribution in [2.75, 3.05) is 26.4 Å². The highest BCUT2D eigenvalue weighted by molar-refractivity contribution is 5.53. The molecule has 0 spiro atoms. The molecule has 0 aliphatic rings. The van der Waals surface area contributed by atoms with Gasteiger partial charge in [-0.05, 0) is 27.7 Å². The Morgan fingerprint density at radius 1 is 0.722 bits per heavy atom. The summed E-state index contributed by atoms with van der Waals surface area (Å²) < 4.78 is 22.0. The van der Waals surface area contributed by atoms with Crippen LogP contribution in [0.15, 0.2) is 6.07 Å².